The summed E-state index contributed by atoms with van der Waals surface area (Å²) in [6.45, 7) is 0. The first-order valence-corrected chi connectivity index (χ1v) is 10.2. The third-order valence-corrected chi connectivity index (χ3v) is 5.78. The second-order valence-corrected chi connectivity index (χ2v) is 8.32. The monoisotopic (exact) mass is 477 g/mol. The van der Waals surface area contributed by atoms with Crippen molar-refractivity contribution in [3.8, 4) is 0 Å². The molecule has 5 nitrogen and oxygen atoms in total. The van der Waals surface area contributed by atoms with Crippen molar-refractivity contribution in [1.29, 1.82) is 0 Å². The van der Waals surface area contributed by atoms with Gasteiger partial charge in [0.1, 0.15) is 5.76 Å². The van der Waals surface area contributed by atoms with E-state index in [1.54, 1.807) is 18.2 Å². The Hall–Kier alpha value is -2.22. The standard InChI is InChI=1S/C20H17BrClN3O2S/c1-25(2)15-5-3-4-13(10-15)19(26)24-23-12-16-11-18(21)20(27-16)28-17-8-6-14(22)7-9-17/h3-12H,1-2H3,(H,24,26)/b23-12+. The van der Waals surface area contributed by atoms with Crippen LogP contribution in [0.2, 0.25) is 5.02 Å². The van der Waals surface area contributed by atoms with Crippen molar-refractivity contribution in [1.82, 2.24) is 5.43 Å². The topological polar surface area (TPSA) is 57.8 Å². The van der Waals surface area contributed by atoms with E-state index in [9.17, 15) is 4.79 Å². The molecule has 0 aliphatic rings. The van der Waals surface area contributed by atoms with Crippen LogP contribution >= 0.6 is 39.3 Å². The minimum atomic E-state index is -0.290. The van der Waals surface area contributed by atoms with Crippen LogP contribution in [-0.2, 0) is 0 Å². The number of hydrazone groups is 1. The summed E-state index contributed by atoms with van der Waals surface area (Å²) in [5.74, 6) is 0.229. The Morgan fingerprint density at radius 3 is 2.68 bits per heavy atom. The van der Waals surface area contributed by atoms with Gasteiger partial charge in [-0.3, -0.25) is 4.79 Å². The second-order valence-electron chi connectivity index (χ2n) is 5.98. The zero-order valence-corrected chi connectivity index (χ0v) is 18.3. The first-order valence-electron chi connectivity index (χ1n) is 8.26. The van der Waals surface area contributed by atoms with E-state index >= 15 is 0 Å². The average Bonchev–Trinajstić information content (AvgIpc) is 3.03. The Bertz CT molecular complexity index is 1000. The Morgan fingerprint density at radius 2 is 1.96 bits per heavy atom. The summed E-state index contributed by atoms with van der Waals surface area (Å²) >= 11 is 10.8. The summed E-state index contributed by atoms with van der Waals surface area (Å²) in [4.78, 5) is 15.2. The molecule has 28 heavy (non-hydrogen) atoms. The van der Waals surface area contributed by atoms with E-state index in [2.05, 4.69) is 26.5 Å². The van der Waals surface area contributed by atoms with E-state index in [4.69, 9.17) is 16.0 Å². The molecule has 144 valence electrons. The summed E-state index contributed by atoms with van der Waals surface area (Å²) in [6.07, 6.45) is 1.46. The third kappa shape index (κ3) is 5.41. The third-order valence-electron chi connectivity index (χ3n) is 3.68. The molecule has 0 radical (unpaired) electrons. The molecule has 0 spiro atoms. The molecule has 0 atom stereocenters. The Balaban J connectivity index is 1.64. The minimum Gasteiger partial charge on any atom is -0.447 e. The maximum Gasteiger partial charge on any atom is 0.271 e. The lowest BCUT2D eigenvalue weighted by Gasteiger charge is -2.12. The van der Waals surface area contributed by atoms with Crippen LogP contribution in [0.4, 0.5) is 5.69 Å². The van der Waals surface area contributed by atoms with E-state index in [0.29, 0.717) is 21.4 Å². The molecule has 0 bridgehead atoms. The molecule has 0 saturated carbocycles. The quantitative estimate of drug-likeness (QED) is 0.366. The van der Waals surface area contributed by atoms with Crippen molar-refractivity contribution in [2.24, 2.45) is 5.10 Å². The van der Waals surface area contributed by atoms with Crippen molar-refractivity contribution in [3.63, 3.8) is 0 Å². The minimum absolute atomic E-state index is 0.290. The number of amides is 1. The highest BCUT2D eigenvalue weighted by atomic mass is 79.9. The molecule has 8 heteroatoms. The van der Waals surface area contributed by atoms with Gasteiger partial charge in [0, 0.05) is 41.3 Å². The van der Waals surface area contributed by atoms with Crippen LogP contribution < -0.4 is 10.3 Å². The average molecular weight is 479 g/mol. The molecule has 1 N–H and O–H groups in total. The fourth-order valence-electron chi connectivity index (χ4n) is 2.26. The maximum absolute atomic E-state index is 12.3. The number of hydrogen-bond donors (Lipinski definition) is 1. The molecule has 0 aliphatic heterocycles. The Morgan fingerprint density at radius 1 is 1.21 bits per heavy atom. The first-order chi connectivity index (χ1) is 13.4. The van der Waals surface area contributed by atoms with Gasteiger partial charge in [0.05, 0.1) is 10.7 Å². The van der Waals surface area contributed by atoms with Gasteiger partial charge in [-0.1, -0.05) is 29.4 Å². The molecule has 1 amide bonds. The lowest BCUT2D eigenvalue weighted by molar-refractivity contribution is 0.0955. The summed E-state index contributed by atoms with van der Waals surface area (Å²) in [6, 6.07) is 16.6. The molecule has 2 aromatic carbocycles. The van der Waals surface area contributed by atoms with Crippen molar-refractivity contribution in [2.75, 3.05) is 19.0 Å². The number of rotatable bonds is 6. The zero-order valence-electron chi connectivity index (χ0n) is 15.1. The molecular weight excluding hydrogens is 462 g/mol. The first kappa shape index (κ1) is 20.5. The van der Waals surface area contributed by atoms with E-state index < -0.39 is 0 Å². The van der Waals surface area contributed by atoms with Crippen LogP contribution in [0.15, 0.2) is 78.6 Å². The molecule has 1 aromatic heterocycles. The van der Waals surface area contributed by atoms with Gasteiger partial charge in [-0.05, 0) is 58.4 Å². The highest BCUT2D eigenvalue weighted by molar-refractivity contribution is 9.10. The van der Waals surface area contributed by atoms with Gasteiger partial charge in [0.25, 0.3) is 5.91 Å². The van der Waals surface area contributed by atoms with Crippen LogP contribution in [0.3, 0.4) is 0 Å². The molecule has 0 aliphatic carbocycles. The predicted octanol–water partition coefficient (Wildman–Crippen LogP) is 5.68. The van der Waals surface area contributed by atoms with Gasteiger partial charge in [-0.15, -0.1) is 0 Å². The number of carbonyl (C=O) groups excluding carboxylic acids is 1. The van der Waals surface area contributed by atoms with Crippen LogP contribution in [0.25, 0.3) is 0 Å². The molecular formula is C20H17BrClN3O2S. The SMILES string of the molecule is CN(C)c1cccc(C(=O)N/N=C/c2cc(Br)c(Sc3ccc(Cl)cc3)o2)c1. The maximum atomic E-state index is 12.3. The van der Waals surface area contributed by atoms with Crippen molar-refractivity contribution < 1.29 is 9.21 Å². The highest BCUT2D eigenvalue weighted by Crippen LogP contribution is 2.35. The lowest BCUT2D eigenvalue weighted by atomic mass is 10.2. The molecule has 0 unspecified atom stereocenters. The smallest absolute Gasteiger partial charge is 0.271 e. The van der Waals surface area contributed by atoms with Crippen LogP contribution in [0.1, 0.15) is 16.1 Å². The van der Waals surface area contributed by atoms with Gasteiger partial charge >= 0.3 is 0 Å². The molecule has 3 rings (SSSR count). The molecule has 3 aromatic rings. The van der Waals surface area contributed by atoms with E-state index in [0.717, 1.165) is 15.1 Å². The molecule has 1 heterocycles. The number of nitrogens with one attached hydrogen (secondary N) is 1. The number of anilines is 1. The van der Waals surface area contributed by atoms with Crippen molar-refractivity contribution in [3.05, 3.63) is 75.4 Å². The van der Waals surface area contributed by atoms with E-state index in [-0.39, 0.29) is 5.91 Å². The highest BCUT2D eigenvalue weighted by Gasteiger charge is 2.10. The summed E-state index contributed by atoms with van der Waals surface area (Å²) < 4.78 is 6.57. The van der Waals surface area contributed by atoms with Gasteiger partial charge in [0.2, 0.25) is 0 Å². The van der Waals surface area contributed by atoms with Gasteiger partial charge in [-0.2, -0.15) is 5.10 Å². The summed E-state index contributed by atoms with van der Waals surface area (Å²) in [5, 5.41) is 5.36. The van der Waals surface area contributed by atoms with Gasteiger partial charge in [0.15, 0.2) is 5.09 Å². The zero-order chi connectivity index (χ0) is 20.1. The summed E-state index contributed by atoms with van der Waals surface area (Å²) in [5.41, 5.74) is 3.98. The Labute approximate surface area is 180 Å². The Kier molecular flexibility index (Phi) is 6.83. The van der Waals surface area contributed by atoms with Gasteiger partial charge in [-0.25, -0.2) is 5.43 Å². The number of hydrogen-bond acceptors (Lipinski definition) is 5. The van der Waals surface area contributed by atoms with E-state index in [1.165, 1.54) is 18.0 Å². The number of halogens is 2. The second kappa shape index (κ2) is 9.32. The largest absolute Gasteiger partial charge is 0.447 e. The van der Waals surface area contributed by atoms with Gasteiger partial charge < -0.3 is 9.32 Å². The van der Waals surface area contributed by atoms with Crippen molar-refractivity contribution >= 4 is 57.1 Å². The predicted molar refractivity (Wildman–Crippen MR) is 118 cm³/mol. The number of benzene rings is 2. The number of nitrogens with zero attached hydrogens (tertiary/aromatic N) is 2. The van der Waals surface area contributed by atoms with Crippen LogP contribution in [-0.4, -0.2) is 26.2 Å². The van der Waals surface area contributed by atoms with Crippen LogP contribution in [0.5, 0.6) is 0 Å². The number of carbonyl (C=O) groups is 1. The molecule has 0 fully saturated rings. The van der Waals surface area contributed by atoms with Crippen LogP contribution in [0, 0.1) is 0 Å². The lowest BCUT2D eigenvalue weighted by Crippen LogP contribution is -2.18. The van der Waals surface area contributed by atoms with Crippen molar-refractivity contribution in [2.45, 2.75) is 9.99 Å². The van der Waals surface area contributed by atoms with E-state index in [1.807, 2.05) is 55.4 Å². The molecule has 0 saturated heterocycles. The number of furan rings is 1. The fraction of sp³-hybridized carbons (Fsp3) is 0.100. The fourth-order valence-corrected chi connectivity index (χ4v) is 3.71. The normalized spacial score (nSPS) is 11.0. The summed E-state index contributed by atoms with van der Waals surface area (Å²) in [7, 11) is 3.84.